The average Bonchev–Trinajstić information content (AvgIpc) is 2.16. The Balaban J connectivity index is 2.73. The maximum Gasteiger partial charge on any atom is 0.0102 e. The van der Waals surface area contributed by atoms with Gasteiger partial charge in [0.2, 0.25) is 0 Å². The summed E-state index contributed by atoms with van der Waals surface area (Å²) in [6.07, 6.45) is 3.36. The van der Waals surface area contributed by atoms with E-state index in [4.69, 9.17) is 0 Å². The maximum absolute atomic E-state index is 2.27. The lowest BCUT2D eigenvalue weighted by Crippen LogP contribution is -1.82. The molecule has 0 saturated carbocycles. The van der Waals surface area contributed by atoms with Crippen LogP contribution in [0.1, 0.15) is 18.9 Å². The van der Waals surface area contributed by atoms with Crippen molar-refractivity contribution >= 4 is 23.5 Å². The van der Waals surface area contributed by atoms with Crippen LogP contribution in [-0.4, -0.2) is 12.0 Å². The third-order valence-corrected chi connectivity index (χ3v) is 3.95. The predicted octanol–water partition coefficient (Wildman–Crippen LogP) is 4.22. The van der Waals surface area contributed by atoms with Gasteiger partial charge in [0.05, 0.1) is 0 Å². The molecule has 0 unspecified atom stereocenters. The Labute approximate surface area is 89.5 Å². The van der Waals surface area contributed by atoms with E-state index >= 15 is 0 Å². The standard InChI is InChI=1S/C11H16S2/c1-4-7-13-11-6-5-10(12-3)8-9(11)2/h5-6,8H,4,7H2,1-3H3. The third-order valence-electron chi connectivity index (χ3n) is 1.84. The Morgan fingerprint density at radius 1 is 1.31 bits per heavy atom. The molecular weight excluding hydrogens is 196 g/mol. The number of hydrogen-bond acceptors (Lipinski definition) is 2. The molecular formula is C11H16S2. The van der Waals surface area contributed by atoms with Crippen LogP contribution in [0.15, 0.2) is 28.0 Å². The number of benzene rings is 1. The molecule has 0 aliphatic heterocycles. The van der Waals surface area contributed by atoms with E-state index in [1.165, 1.54) is 27.5 Å². The highest BCUT2D eigenvalue weighted by Gasteiger charge is 1.99. The van der Waals surface area contributed by atoms with Crippen molar-refractivity contribution in [2.75, 3.05) is 12.0 Å². The number of hydrogen-bond donors (Lipinski definition) is 0. The summed E-state index contributed by atoms with van der Waals surface area (Å²) in [6, 6.07) is 6.71. The summed E-state index contributed by atoms with van der Waals surface area (Å²) in [4.78, 5) is 2.79. The minimum Gasteiger partial charge on any atom is -0.130 e. The van der Waals surface area contributed by atoms with E-state index in [2.05, 4.69) is 38.3 Å². The molecule has 13 heavy (non-hydrogen) atoms. The summed E-state index contributed by atoms with van der Waals surface area (Å²) in [5.41, 5.74) is 1.41. The molecule has 0 heterocycles. The van der Waals surface area contributed by atoms with Crippen LogP contribution in [0, 0.1) is 6.92 Å². The van der Waals surface area contributed by atoms with Crippen LogP contribution >= 0.6 is 23.5 Å². The smallest absolute Gasteiger partial charge is 0.0102 e. The van der Waals surface area contributed by atoms with Crippen molar-refractivity contribution in [1.82, 2.24) is 0 Å². The second-order valence-corrected chi connectivity index (χ2v) is 5.00. The minimum atomic E-state index is 1.22. The van der Waals surface area contributed by atoms with E-state index < -0.39 is 0 Å². The van der Waals surface area contributed by atoms with Crippen LogP contribution in [-0.2, 0) is 0 Å². The van der Waals surface area contributed by atoms with Gasteiger partial charge in [0, 0.05) is 9.79 Å². The van der Waals surface area contributed by atoms with Crippen molar-refractivity contribution in [2.45, 2.75) is 30.1 Å². The van der Waals surface area contributed by atoms with Crippen LogP contribution in [0.5, 0.6) is 0 Å². The maximum atomic E-state index is 2.27. The Hall–Kier alpha value is -0.0800. The van der Waals surface area contributed by atoms with Crippen LogP contribution in [0.2, 0.25) is 0 Å². The molecule has 0 N–H and O–H groups in total. The van der Waals surface area contributed by atoms with Gasteiger partial charge in [0.25, 0.3) is 0 Å². The zero-order valence-corrected chi connectivity index (χ0v) is 10.1. The SMILES string of the molecule is CCCSc1ccc(SC)cc1C. The van der Waals surface area contributed by atoms with Crippen LogP contribution in [0.25, 0.3) is 0 Å². The molecule has 0 aliphatic rings. The molecule has 0 atom stereocenters. The number of aryl methyl sites for hydroxylation is 1. The zero-order chi connectivity index (χ0) is 9.68. The normalized spacial score (nSPS) is 10.4. The van der Waals surface area contributed by atoms with E-state index in [0.29, 0.717) is 0 Å². The fourth-order valence-electron chi connectivity index (χ4n) is 1.12. The number of thioether (sulfide) groups is 2. The van der Waals surface area contributed by atoms with Crippen LogP contribution < -0.4 is 0 Å². The highest BCUT2D eigenvalue weighted by molar-refractivity contribution is 7.99. The van der Waals surface area contributed by atoms with E-state index in [9.17, 15) is 0 Å². The van der Waals surface area contributed by atoms with E-state index in [1.54, 1.807) is 11.8 Å². The highest BCUT2D eigenvalue weighted by Crippen LogP contribution is 2.26. The van der Waals surface area contributed by atoms with Gasteiger partial charge in [-0.05, 0) is 49.1 Å². The van der Waals surface area contributed by atoms with Gasteiger partial charge in [-0.2, -0.15) is 0 Å². The van der Waals surface area contributed by atoms with E-state index in [-0.39, 0.29) is 0 Å². The van der Waals surface area contributed by atoms with Crippen molar-refractivity contribution in [3.8, 4) is 0 Å². The first kappa shape index (κ1) is 11.0. The second kappa shape index (κ2) is 5.61. The quantitative estimate of drug-likeness (QED) is 0.685. The van der Waals surface area contributed by atoms with E-state index in [0.717, 1.165) is 0 Å². The monoisotopic (exact) mass is 212 g/mol. The second-order valence-electron chi connectivity index (χ2n) is 2.98. The van der Waals surface area contributed by atoms with Gasteiger partial charge in [0.15, 0.2) is 0 Å². The highest BCUT2D eigenvalue weighted by atomic mass is 32.2. The first-order valence-electron chi connectivity index (χ1n) is 4.55. The lowest BCUT2D eigenvalue weighted by atomic mass is 10.2. The molecule has 0 spiro atoms. The third kappa shape index (κ3) is 3.28. The van der Waals surface area contributed by atoms with Crippen molar-refractivity contribution < 1.29 is 0 Å². The van der Waals surface area contributed by atoms with Crippen molar-refractivity contribution in [3.05, 3.63) is 23.8 Å². The molecule has 1 aromatic carbocycles. The van der Waals surface area contributed by atoms with Gasteiger partial charge in [-0.3, -0.25) is 0 Å². The van der Waals surface area contributed by atoms with Gasteiger partial charge >= 0.3 is 0 Å². The Kier molecular flexibility index (Phi) is 4.74. The molecule has 1 aromatic rings. The van der Waals surface area contributed by atoms with Crippen molar-refractivity contribution in [2.24, 2.45) is 0 Å². The molecule has 72 valence electrons. The molecule has 0 nitrogen and oxygen atoms in total. The Bertz CT molecular complexity index is 269. The topological polar surface area (TPSA) is 0 Å². The lowest BCUT2D eigenvalue weighted by Gasteiger charge is -2.05. The fraction of sp³-hybridized carbons (Fsp3) is 0.455. The molecule has 0 aromatic heterocycles. The van der Waals surface area contributed by atoms with Gasteiger partial charge in [-0.1, -0.05) is 6.92 Å². The lowest BCUT2D eigenvalue weighted by molar-refractivity contribution is 1.10. The van der Waals surface area contributed by atoms with Gasteiger partial charge in [-0.15, -0.1) is 23.5 Å². The summed E-state index contributed by atoms with van der Waals surface area (Å²) in [5, 5.41) is 0. The molecule has 2 heteroatoms. The average molecular weight is 212 g/mol. The molecule has 0 aliphatic carbocycles. The first-order valence-corrected chi connectivity index (χ1v) is 6.76. The number of rotatable bonds is 4. The zero-order valence-electron chi connectivity index (χ0n) is 8.46. The fourth-order valence-corrected chi connectivity index (χ4v) is 2.50. The largest absolute Gasteiger partial charge is 0.130 e. The molecule has 0 saturated heterocycles. The summed E-state index contributed by atoms with van der Waals surface area (Å²) >= 11 is 3.76. The van der Waals surface area contributed by atoms with E-state index in [1.807, 2.05) is 11.8 Å². The van der Waals surface area contributed by atoms with Gasteiger partial charge in [0.1, 0.15) is 0 Å². The first-order chi connectivity index (χ1) is 6.27. The molecule has 0 amide bonds. The molecule has 0 bridgehead atoms. The predicted molar refractivity (Wildman–Crippen MR) is 64.0 cm³/mol. The summed E-state index contributed by atoms with van der Waals surface area (Å²) < 4.78 is 0. The van der Waals surface area contributed by atoms with Crippen LogP contribution in [0.3, 0.4) is 0 Å². The minimum absolute atomic E-state index is 1.22. The molecule has 1 rings (SSSR count). The Morgan fingerprint density at radius 2 is 2.08 bits per heavy atom. The van der Waals surface area contributed by atoms with Crippen molar-refractivity contribution in [1.29, 1.82) is 0 Å². The summed E-state index contributed by atoms with van der Waals surface area (Å²) in [5.74, 6) is 1.22. The summed E-state index contributed by atoms with van der Waals surface area (Å²) in [6.45, 7) is 4.41. The van der Waals surface area contributed by atoms with Gasteiger partial charge in [-0.25, -0.2) is 0 Å². The molecule has 0 radical (unpaired) electrons. The Morgan fingerprint density at radius 3 is 2.62 bits per heavy atom. The summed E-state index contributed by atoms with van der Waals surface area (Å²) in [7, 11) is 0. The molecule has 0 fully saturated rings. The van der Waals surface area contributed by atoms with Crippen LogP contribution in [0.4, 0.5) is 0 Å². The van der Waals surface area contributed by atoms with Crippen molar-refractivity contribution in [3.63, 3.8) is 0 Å². The van der Waals surface area contributed by atoms with Gasteiger partial charge < -0.3 is 0 Å².